The number of fused-ring (bicyclic) bond motifs is 1. The Morgan fingerprint density at radius 2 is 1.78 bits per heavy atom. The first-order chi connectivity index (χ1) is 17.9. The van der Waals surface area contributed by atoms with Crippen LogP contribution in [0.3, 0.4) is 0 Å². The van der Waals surface area contributed by atoms with E-state index in [1.165, 1.54) is 17.7 Å². The Morgan fingerprint density at radius 3 is 2.57 bits per heavy atom. The second kappa shape index (κ2) is 12.3. The second-order valence-electron chi connectivity index (χ2n) is 8.09. The number of hydrogen-bond donors (Lipinski definition) is 1. The monoisotopic (exact) mass is 609 g/mol. The number of hydrogen-bond acceptors (Lipinski definition) is 6. The first kappa shape index (κ1) is 26.1. The van der Waals surface area contributed by atoms with E-state index in [9.17, 15) is 14.9 Å². The maximum Gasteiger partial charge on any atom is 0.273 e. The van der Waals surface area contributed by atoms with Crippen molar-refractivity contribution in [3.63, 3.8) is 0 Å². The highest BCUT2D eigenvalue weighted by atomic mass is 127. The number of amides is 1. The molecule has 8 nitrogen and oxygen atoms in total. The SMILES string of the molecule is CCOc1cc(/C=N/NC(=O)Cc2ccccc2[N+](=O)[O-])cc(I)c1OCc1ccc2ccccc2c1. The number of nitrogens with zero attached hydrogens (tertiary/aromatic N) is 2. The third-order valence-corrected chi connectivity index (χ3v) is 6.27. The molecule has 1 amide bonds. The van der Waals surface area contributed by atoms with Gasteiger partial charge in [-0.25, -0.2) is 5.43 Å². The second-order valence-corrected chi connectivity index (χ2v) is 9.25. The highest BCUT2D eigenvalue weighted by molar-refractivity contribution is 14.1. The van der Waals surface area contributed by atoms with Crippen molar-refractivity contribution < 1.29 is 19.2 Å². The lowest BCUT2D eigenvalue weighted by molar-refractivity contribution is -0.385. The summed E-state index contributed by atoms with van der Waals surface area (Å²) in [4.78, 5) is 22.9. The highest BCUT2D eigenvalue weighted by Gasteiger charge is 2.15. The third-order valence-electron chi connectivity index (χ3n) is 5.47. The van der Waals surface area contributed by atoms with Gasteiger partial charge in [-0.3, -0.25) is 14.9 Å². The molecule has 0 spiro atoms. The summed E-state index contributed by atoms with van der Waals surface area (Å²) in [6.07, 6.45) is 1.34. The molecule has 0 heterocycles. The Kier molecular flexibility index (Phi) is 8.68. The molecule has 0 aliphatic carbocycles. The van der Waals surface area contributed by atoms with Crippen LogP contribution in [0.1, 0.15) is 23.6 Å². The molecule has 0 atom stereocenters. The van der Waals surface area contributed by atoms with Crippen molar-refractivity contribution >= 4 is 51.2 Å². The summed E-state index contributed by atoms with van der Waals surface area (Å²) in [5.41, 5.74) is 4.40. The van der Waals surface area contributed by atoms with Crippen molar-refractivity contribution in [3.8, 4) is 11.5 Å². The number of benzene rings is 4. The molecule has 0 unspecified atom stereocenters. The average Bonchev–Trinajstić information content (AvgIpc) is 2.88. The van der Waals surface area contributed by atoms with Gasteiger partial charge in [0.15, 0.2) is 11.5 Å². The summed E-state index contributed by atoms with van der Waals surface area (Å²) in [7, 11) is 0. The first-order valence-electron chi connectivity index (χ1n) is 11.6. The highest BCUT2D eigenvalue weighted by Crippen LogP contribution is 2.34. The van der Waals surface area contributed by atoms with E-state index in [0.717, 1.165) is 14.5 Å². The normalized spacial score (nSPS) is 11.0. The minimum Gasteiger partial charge on any atom is -0.490 e. The van der Waals surface area contributed by atoms with Crippen molar-refractivity contribution in [1.29, 1.82) is 0 Å². The van der Waals surface area contributed by atoms with Crippen LogP contribution >= 0.6 is 22.6 Å². The van der Waals surface area contributed by atoms with Gasteiger partial charge in [-0.2, -0.15) is 5.10 Å². The van der Waals surface area contributed by atoms with Gasteiger partial charge in [0.05, 0.1) is 27.7 Å². The smallest absolute Gasteiger partial charge is 0.273 e. The van der Waals surface area contributed by atoms with Crippen LogP contribution in [0.4, 0.5) is 5.69 Å². The molecule has 4 aromatic rings. The number of ether oxygens (including phenoxy) is 2. The number of rotatable bonds is 10. The van der Waals surface area contributed by atoms with E-state index >= 15 is 0 Å². The molecule has 0 bridgehead atoms. The molecular formula is C28H24IN3O5. The fraction of sp³-hybridized carbons (Fsp3) is 0.143. The zero-order chi connectivity index (χ0) is 26.2. The summed E-state index contributed by atoms with van der Waals surface area (Å²) in [6, 6.07) is 24.2. The molecule has 4 aromatic carbocycles. The van der Waals surface area contributed by atoms with Crippen LogP contribution in [0, 0.1) is 13.7 Å². The molecule has 0 saturated heterocycles. The molecule has 0 aromatic heterocycles. The Bertz CT molecular complexity index is 1470. The minimum atomic E-state index is -0.507. The van der Waals surface area contributed by atoms with Gasteiger partial charge in [0, 0.05) is 11.6 Å². The third kappa shape index (κ3) is 6.82. The van der Waals surface area contributed by atoms with Crippen molar-refractivity contribution in [2.45, 2.75) is 20.0 Å². The molecule has 37 heavy (non-hydrogen) atoms. The summed E-state index contributed by atoms with van der Waals surface area (Å²) in [5.74, 6) is 0.747. The Morgan fingerprint density at radius 1 is 1.03 bits per heavy atom. The van der Waals surface area contributed by atoms with Gasteiger partial charge >= 0.3 is 0 Å². The Labute approximate surface area is 227 Å². The van der Waals surface area contributed by atoms with Crippen LogP contribution in [-0.4, -0.2) is 23.7 Å². The van der Waals surface area contributed by atoms with Gasteiger partial charge in [0.1, 0.15) is 6.61 Å². The minimum absolute atomic E-state index is 0.100. The molecule has 188 valence electrons. The number of para-hydroxylation sites is 1. The van der Waals surface area contributed by atoms with Crippen LogP contribution in [0.2, 0.25) is 0 Å². The van der Waals surface area contributed by atoms with Crippen LogP contribution in [0.25, 0.3) is 10.8 Å². The lowest BCUT2D eigenvalue weighted by Crippen LogP contribution is -2.20. The standard InChI is InChI=1S/C28H24IN3O5/c1-2-36-26-15-20(17-30-31-27(33)16-23-9-5-6-10-25(23)32(34)35)14-24(29)28(26)37-18-19-11-12-21-7-3-4-8-22(21)13-19/h3-15,17H,2,16,18H2,1H3,(H,31,33)/b30-17+. The van der Waals surface area contributed by atoms with Crippen molar-refractivity contribution in [2.75, 3.05) is 6.61 Å². The summed E-state index contributed by atoms with van der Waals surface area (Å²) < 4.78 is 12.8. The molecule has 0 fully saturated rings. The Balaban J connectivity index is 1.44. The lowest BCUT2D eigenvalue weighted by Gasteiger charge is -2.15. The van der Waals surface area contributed by atoms with Crippen molar-refractivity contribution in [1.82, 2.24) is 5.43 Å². The van der Waals surface area contributed by atoms with Gasteiger partial charge < -0.3 is 9.47 Å². The van der Waals surface area contributed by atoms with Gasteiger partial charge in [0.2, 0.25) is 5.91 Å². The van der Waals surface area contributed by atoms with Gasteiger partial charge in [-0.15, -0.1) is 0 Å². The maximum absolute atomic E-state index is 12.3. The topological polar surface area (TPSA) is 103 Å². The zero-order valence-electron chi connectivity index (χ0n) is 20.0. The van der Waals surface area contributed by atoms with Gasteiger partial charge in [-0.1, -0.05) is 54.6 Å². The first-order valence-corrected chi connectivity index (χ1v) is 12.6. The molecule has 0 radical (unpaired) electrons. The number of nitro groups is 1. The summed E-state index contributed by atoms with van der Waals surface area (Å²) in [6.45, 7) is 2.73. The van der Waals surface area contributed by atoms with E-state index in [1.807, 2.05) is 31.2 Å². The fourth-order valence-corrected chi connectivity index (χ4v) is 4.56. The number of hydrazone groups is 1. The van der Waals surface area contributed by atoms with E-state index in [2.05, 4.69) is 57.4 Å². The molecule has 0 aliphatic rings. The van der Waals surface area contributed by atoms with E-state index < -0.39 is 10.8 Å². The lowest BCUT2D eigenvalue weighted by atomic mass is 10.1. The van der Waals surface area contributed by atoms with Gasteiger partial charge in [-0.05, 0) is 69.6 Å². The van der Waals surface area contributed by atoms with E-state index in [0.29, 0.717) is 35.8 Å². The van der Waals surface area contributed by atoms with Crippen LogP contribution < -0.4 is 14.9 Å². The Hall–Kier alpha value is -3.99. The molecule has 0 aliphatic heterocycles. The van der Waals surface area contributed by atoms with Crippen molar-refractivity contribution in [2.24, 2.45) is 5.10 Å². The van der Waals surface area contributed by atoms with Crippen molar-refractivity contribution in [3.05, 3.63) is 109 Å². The average molecular weight is 609 g/mol. The van der Waals surface area contributed by atoms with Crippen LogP contribution in [-0.2, 0) is 17.8 Å². The van der Waals surface area contributed by atoms with Crippen LogP contribution in [0.5, 0.6) is 11.5 Å². The number of halogens is 1. The number of carbonyl (C=O) groups is 1. The van der Waals surface area contributed by atoms with E-state index in [4.69, 9.17) is 9.47 Å². The maximum atomic E-state index is 12.3. The number of nitro benzene ring substituents is 1. The number of nitrogens with one attached hydrogen (secondary N) is 1. The van der Waals surface area contributed by atoms with Crippen LogP contribution in [0.15, 0.2) is 84.0 Å². The molecule has 0 saturated carbocycles. The molecular weight excluding hydrogens is 585 g/mol. The quantitative estimate of drug-likeness (QED) is 0.103. The molecule has 4 rings (SSSR count). The zero-order valence-corrected chi connectivity index (χ0v) is 22.2. The largest absolute Gasteiger partial charge is 0.490 e. The summed E-state index contributed by atoms with van der Waals surface area (Å²) >= 11 is 2.18. The number of carbonyl (C=O) groups excluding carboxylic acids is 1. The fourth-order valence-electron chi connectivity index (χ4n) is 3.78. The predicted octanol–water partition coefficient (Wildman–Crippen LogP) is 6.02. The molecule has 1 N–H and O–H groups in total. The van der Waals surface area contributed by atoms with Gasteiger partial charge in [0.25, 0.3) is 5.69 Å². The molecule has 9 heteroatoms. The predicted molar refractivity (Wildman–Crippen MR) is 151 cm³/mol. The van der Waals surface area contributed by atoms with E-state index in [1.54, 1.807) is 24.3 Å². The van der Waals surface area contributed by atoms with E-state index in [-0.39, 0.29) is 12.1 Å². The summed E-state index contributed by atoms with van der Waals surface area (Å²) in [5, 5.41) is 17.5.